The average molecular weight is 268 g/mol. The van der Waals surface area contributed by atoms with Crippen molar-refractivity contribution in [1.82, 2.24) is 4.90 Å². The van der Waals surface area contributed by atoms with E-state index < -0.39 is 0 Å². The average Bonchev–Trinajstić information content (AvgIpc) is 2.39. The highest BCUT2D eigenvalue weighted by molar-refractivity contribution is 6.30. The maximum Gasteiger partial charge on any atom is 0.253 e. The van der Waals surface area contributed by atoms with E-state index in [9.17, 15) is 9.90 Å². The first kappa shape index (κ1) is 13.4. The van der Waals surface area contributed by atoms with Crippen LogP contribution in [0.2, 0.25) is 5.02 Å². The Morgan fingerprint density at radius 1 is 1.44 bits per heavy atom. The molecule has 1 aromatic rings. The van der Waals surface area contributed by atoms with E-state index in [4.69, 9.17) is 11.6 Å². The number of aliphatic hydroxyl groups excluding tert-OH is 1. The Kier molecular flexibility index (Phi) is 4.25. The maximum absolute atomic E-state index is 12.3. The maximum atomic E-state index is 12.3. The van der Waals surface area contributed by atoms with Crippen molar-refractivity contribution in [1.29, 1.82) is 0 Å². The Labute approximate surface area is 112 Å². The number of benzene rings is 1. The lowest BCUT2D eigenvalue weighted by molar-refractivity contribution is 0.0466. The number of hydrogen-bond acceptors (Lipinski definition) is 2. The molecule has 0 bridgehead atoms. The lowest BCUT2D eigenvalue weighted by atomic mass is 9.93. The van der Waals surface area contributed by atoms with Gasteiger partial charge in [-0.1, -0.05) is 11.6 Å². The molecule has 1 aliphatic heterocycles. The van der Waals surface area contributed by atoms with Crippen LogP contribution in [0, 0.1) is 5.92 Å². The zero-order chi connectivity index (χ0) is 13.1. The van der Waals surface area contributed by atoms with Gasteiger partial charge in [0, 0.05) is 29.6 Å². The van der Waals surface area contributed by atoms with Crippen LogP contribution in [0.4, 0.5) is 0 Å². The molecule has 98 valence electrons. The summed E-state index contributed by atoms with van der Waals surface area (Å²) in [6, 6.07) is 6.95. The number of hydrogen-bond donors (Lipinski definition) is 1. The van der Waals surface area contributed by atoms with Gasteiger partial charge in [0.15, 0.2) is 0 Å². The summed E-state index contributed by atoms with van der Waals surface area (Å²) in [5.74, 6) is 0.215. The van der Waals surface area contributed by atoms with E-state index in [-0.39, 0.29) is 17.9 Å². The fourth-order valence-electron chi connectivity index (χ4n) is 2.36. The molecule has 18 heavy (non-hydrogen) atoms. The van der Waals surface area contributed by atoms with Crippen molar-refractivity contribution in [2.75, 3.05) is 13.1 Å². The van der Waals surface area contributed by atoms with Crippen molar-refractivity contribution in [3.63, 3.8) is 0 Å². The Balaban J connectivity index is 2.06. The van der Waals surface area contributed by atoms with Crippen LogP contribution in [0.1, 0.15) is 30.1 Å². The number of carbonyl (C=O) groups excluding carboxylic acids is 1. The molecule has 1 saturated heterocycles. The van der Waals surface area contributed by atoms with Crippen LogP contribution in [-0.2, 0) is 0 Å². The third kappa shape index (κ3) is 3.03. The summed E-state index contributed by atoms with van der Waals surface area (Å²) in [5.41, 5.74) is 0.658. The molecule has 3 nitrogen and oxygen atoms in total. The van der Waals surface area contributed by atoms with Crippen LogP contribution in [0.25, 0.3) is 0 Å². The number of rotatable bonds is 2. The van der Waals surface area contributed by atoms with Crippen LogP contribution in [0.15, 0.2) is 24.3 Å². The minimum absolute atomic E-state index is 0.0250. The first-order chi connectivity index (χ1) is 8.58. The minimum Gasteiger partial charge on any atom is -0.393 e. The summed E-state index contributed by atoms with van der Waals surface area (Å²) in [7, 11) is 0. The van der Waals surface area contributed by atoms with E-state index in [0.29, 0.717) is 17.1 Å². The highest BCUT2D eigenvalue weighted by Gasteiger charge is 2.26. The molecule has 2 rings (SSSR count). The number of carbonyl (C=O) groups is 1. The van der Waals surface area contributed by atoms with Crippen molar-refractivity contribution in [3.05, 3.63) is 34.9 Å². The summed E-state index contributed by atoms with van der Waals surface area (Å²) in [4.78, 5) is 14.1. The van der Waals surface area contributed by atoms with E-state index in [0.717, 1.165) is 19.4 Å². The van der Waals surface area contributed by atoms with Crippen LogP contribution in [0.5, 0.6) is 0 Å². The van der Waals surface area contributed by atoms with Gasteiger partial charge in [-0.15, -0.1) is 0 Å². The number of likely N-dealkylation sites (tertiary alicyclic amines) is 1. The molecule has 4 heteroatoms. The fourth-order valence-corrected chi connectivity index (χ4v) is 2.49. The van der Waals surface area contributed by atoms with Crippen molar-refractivity contribution >= 4 is 17.5 Å². The summed E-state index contributed by atoms with van der Waals surface area (Å²) < 4.78 is 0. The van der Waals surface area contributed by atoms with Crippen LogP contribution >= 0.6 is 11.6 Å². The van der Waals surface area contributed by atoms with Gasteiger partial charge >= 0.3 is 0 Å². The molecule has 1 N–H and O–H groups in total. The first-order valence-corrected chi connectivity index (χ1v) is 6.68. The quantitative estimate of drug-likeness (QED) is 0.895. The van der Waals surface area contributed by atoms with Crippen LogP contribution < -0.4 is 0 Å². The second-order valence-corrected chi connectivity index (χ2v) is 5.34. The predicted octanol–water partition coefficient (Wildman–Crippen LogP) is 2.57. The van der Waals surface area contributed by atoms with Crippen molar-refractivity contribution in [2.24, 2.45) is 5.92 Å². The second-order valence-electron chi connectivity index (χ2n) is 4.90. The molecule has 0 radical (unpaired) electrons. The zero-order valence-corrected chi connectivity index (χ0v) is 11.2. The van der Waals surface area contributed by atoms with Crippen molar-refractivity contribution in [2.45, 2.75) is 25.9 Å². The topological polar surface area (TPSA) is 40.5 Å². The standard InChI is InChI=1S/C14H18ClNO2/c1-10(17)12-3-2-8-16(9-12)14(18)11-4-6-13(15)7-5-11/h4-7,10,12,17H,2-3,8-9H2,1H3. The fraction of sp³-hybridized carbons (Fsp3) is 0.500. The Hall–Kier alpha value is -1.06. The molecule has 0 saturated carbocycles. The number of aliphatic hydroxyl groups is 1. The predicted molar refractivity (Wildman–Crippen MR) is 71.8 cm³/mol. The lowest BCUT2D eigenvalue weighted by Crippen LogP contribution is -2.42. The number of halogens is 1. The smallest absolute Gasteiger partial charge is 0.253 e. The summed E-state index contributed by atoms with van der Waals surface area (Å²) in [6.45, 7) is 3.20. The van der Waals surface area contributed by atoms with E-state index in [1.165, 1.54) is 0 Å². The van der Waals surface area contributed by atoms with Gasteiger partial charge in [-0.2, -0.15) is 0 Å². The van der Waals surface area contributed by atoms with Crippen LogP contribution in [-0.4, -0.2) is 35.1 Å². The Bertz CT molecular complexity index is 416. The number of amides is 1. The SMILES string of the molecule is CC(O)C1CCCN(C(=O)c2ccc(Cl)cc2)C1. The van der Waals surface area contributed by atoms with Gasteiger partial charge in [0.1, 0.15) is 0 Å². The molecular formula is C14H18ClNO2. The van der Waals surface area contributed by atoms with E-state index in [2.05, 4.69) is 0 Å². The molecule has 0 aliphatic carbocycles. The normalized spacial score (nSPS) is 21.7. The molecule has 2 unspecified atom stereocenters. The molecule has 0 aromatic heterocycles. The first-order valence-electron chi connectivity index (χ1n) is 6.31. The molecule has 1 amide bonds. The summed E-state index contributed by atoms with van der Waals surface area (Å²) >= 11 is 5.81. The minimum atomic E-state index is -0.356. The van der Waals surface area contributed by atoms with Gasteiger partial charge < -0.3 is 10.0 Å². The molecule has 2 atom stereocenters. The third-order valence-electron chi connectivity index (χ3n) is 3.52. The van der Waals surface area contributed by atoms with Gasteiger partial charge in [-0.25, -0.2) is 0 Å². The number of nitrogens with zero attached hydrogens (tertiary/aromatic N) is 1. The van der Waals surface area contributed by atoms with Gasteiger partial charge in [-0.05, 0) is 44.0 Å². The van der Waals surface area contributed by atoms with Gasteiger partial charge in [-0.3, -0.25) is 4.79 Å². The van der Waals surface area contributed by atoms with E-state index in [1.54, 1.807) is 31.2 Å². The summed E-state index contributed by atoms with van der Waals surface area (Å²) in [6.07, 6.45) is 1.59. The summed E-state index contributed by atoms with van der Waals surface area (Å²) in [5, 5.41) is 10.3. The molecule has 1 aromatic carbocycles. The third-order valence-corrected chi connectivity index (χ3v) is 3.77. The highest BCUT2D eigenvalue weighted by atomic mass is 35.5. The van der Waals surface area contributed by atoms with E-state index >= 15 is 0 Å². The van der Waals surface area contributed by atoms with Gasteiger partial charge in [0.2, 0.25) is 0 Å². The lowest BCUT2D eigenvalue weighted by Gasteiger charge is -2.34. The molecule has 1 heterocycles. The molecule has 1 fully saturated rings. The second kappa shape index (κ2) is 5.72. The molecule has 1 aliphatic rings. The van der Waals surface area contributed by atoms with Crippen LogP contribution in [0.3, 0.4) is 0 Å². The Morgan fingerprint density at radius 2 is 2.11 bits per heavy atom. The molecular weight excluding hydrogens is 250 g/mol. The monoisotopic (exact) mass is 267 g/mol. The molecule has 0 spiro atoms. The highest BCUT2D eigenvalue weighted by Crippen LogP contribution is 2.21. The Morgan fingerprint density at radius 3 is 2.72 bits per heavy atom. The van der Waals surface area contributed by atoms with E-state index in [1.807, 2.05) is 4.90 Å². The largest absolute Gasteiger partial charge is 0.393 e. The van der Waals surface area contributed by atoms with Crippen molar-refractivity contribution in [3.8, 4) is 0 Å². The van der Waals surface area contributed by atoms with Crippen molar-refractivity contribution < 1.29 is 9.90 Å². The zero-order valence-electron chi connectivity index (χ0n) is 10.5. The number of piperidine rings is 1. The van der Waals surface area contributed by atoms with Gasteiger partial charge in [0.05, 0.1) is 6.10 Å². The van der Waals surface area contributed by atoms with Gasteiger partial charge in [0.25, 0.3) is 5.91 Å².